The van der Waals surface area contributed by atoms with Gasteiger partial charge in [-0.1, -0.05) is 24.1 Å². The molecule has 1 aromatic carbocycles. The Bertz CT molecular complexity index is 301. The molecular formula is C11H15ClN2. The molecule has 1 aliphatic carbocycles. The lowest BCUT2D eigenvalue weighted by Gasteiger charge is -2.26. The van der Waals surface area contributed by atoms with Gasteiger partial charge in [-0.15, -0.1) is 0 Å². The van der Waals surface area contributed by atoms with Gasteiger partial charge in [0.05, 0.1) is 16.4 Å². The van der Waals surface area contributed by atoms with E-state index in [9.17, 15) is 0 Å². The maximum absolute atomic E-state index is 6.03. The van der Waals surface area contributed by atoms with Gasteiger partial charge < -0.3 is 11.1 Å². The zero-order valence-corrected chi connectivity index (χ0v) is 8.85. The van der Waals surface area contributed by atoms with E-state index in [1.165, 1.54) is 19.3 Å². The molecule has 0 aliphatic heterocycles. The first-order chi connectivity index (χ1) is 6.77. The number of hydrogen-bond donors (Lipinski definition) is 2. The van der Waals surface area contributed by atoms with Gasteiger partial charge in [0, 0.05) is 6.54 Å². The number of para-hydroxylation sites is 1. The third-order valence-electron chi connectivity index (χ3n) is 2.84. The molecule has 76 valence electrons. The van der Waals surface area contributed by atoms with E-state index >= 15 is 0 Å². The lowest BCUT2D eigenvalue weighted by atomic mass is 9.85. The van der Waals surface area contributed by atoms with Crippen LogP contribution in [0, 0.1) is 5.92 Å². The maximum Gasteiger partial charge on any atom is 0.0763 e. The van der Waals surface area contributed by atoms with Crippen molar-refractivity contribution in [2.75, 3.05) is 17.6 Å². The normalized spacial score (nSPS) is 16.4. The van der Waals surface area contributed by atoms with E-state index in [1.807, 2.05) is 18.2 Å². The second-order valence-corrected chi connectivity index (χ2v) is 4.29. The van der Waals surface area contributed by atoms with Crippen LogP contribution in [0.2, 0.25) is 5.02 Å². The molecule has 1 saturated carbocycles. The first kappa shape index (κ1) is 9.66. The Balaban J connectivity index is 2.00. The number of nitrogen functional groups attached to an aromatic ring is 1. The van der Waals surface area contributed by atoms with Crippen LogP contribution in [0.3, 0.4) is 0 Å². The highest BCUT2D eigenvalue weighted by molar-refractivity contribution is 6.33. The first-order valence-corrected chi connectivity index (χ1v) is 5.43. The van der Waals surface area contributed by atoms with Crippen LogP contribution < -0.4 is 11.1 Å². The number of nitrogens with one attached hydrogen (secondary N) is 1. The number of hydrogen-bond acceptors (Lipinski definition) is 2. The van der Waals surface area contributed by atoms with E-state index in [0.29, 0.717) is 5.02 Å². The summed E-state index contributed by atoms with van der Waals surface area (Å²) in [6.45, 7) is 0.994. The highest BCUT2D eigenvalue weighted by atomic mass is 35.5. The Morgan fingerprint density at radius 2 is 2.21 bits per heavy atom. The van der Waals surface area contributed by atoms with Crippen molar-refractivity contribution in [1.29, 1.82) is 0 Å². The summed E-state index contributed by atoms with van der Waals surface area (Å²) < 4.78 is 0. The molecule has 3 N–H and O–H groups in total. The van der Waals surface area contributed by atoms with Gasteiger partial charge in [-0.3, -0.25) is 0 Å². The van der Waals surface area contributed by atoms with E-state index < -0.39 is 0 Å². The van der Waals surface area contributed by atoms with E-state index in [2.05, 4.69) is 5.32 Å². The summed E-state index contributed by atoms with van der Waals surface area (Å²) in [5.74, 6) is 0.811. The van der Waals surface area contributed by atoms with Gasteiger partial charge in [-0.25, -0.2) is 0 Å². The molecule has 0 radical (unpaired) electrons. The number of rotatable bonds is 3. The molecule has 1 aliphatic rings. The van der Waals surface area contributed by atoms with Gasteiger partial charge in [-0.2, -0.15) is 0 Å². The van der Waals surface area contributed by atoms with Crippen molar-refractivity contribution in [3.05, 3.63) is 23.2 Å². The van der Waals surface area contributed by atoms with E-state index in [-0.39, 0.29) is 0 Å². The van der Waals surface area contributed by atoms with E-state index in [1.54, 1.807) is 0 Å². The summed E-state index contributed by atoms with van der Waals surface area (Å²) in [5.41, 5.74) is 7.44. The molecule has 0 bridgehead atoms. The van der Waals surface area contributed by atoms with Crippen LogP contribution in [0.15, 0.2) is 18.2 Å². The predicted octanol–water partition coefficient (Wildman–Crippen LogP) is 3.13. The molecule has 0 spiro atoms. The number of benzene rings is 1. The maximum atomic E-state index is 6.03. The molecule has 2 rings (SSSR count). The number of anilines is 2. The minimum atomic E-state index is 0.712. The molecule has 14 heavy (non-hydrogen) atoms. The molecule has 0 saturated heterocycles. The Labute approximate surface area is 89.4 Å². The average molecular weight is 211 g/mol. The van der Waals surface area contributed by atoms with Crippen LogP contribution in [0.25, 0.3) is 0 Å². The second kappa shape index (κ2) is 4.09. The highest BCUT2D eigenvalue weighted by Gasteiger charge is 2.17. The zero-order chi connectivity index (χ0) is 9.97. The number of halogens is 1. The Hall–Kier alpha value is -0.890. The van der Waals surface area contributed by atoms with Gasteiger partial charge in [0.25, 0.3) is 0 Å². The van der Waals surface area contributed by atoms with Crippen LogP contribution in [-0.2, 0) is 0 Å². The summed E-state index contributed by atoms with van der Waals surface area (Å²) in [4.78, 5) is 0. The van der Waals surface area contributed by atoms with Crippen molar-refractivity contribution in [3.8, 4) is 0 Å². The van der Waals surface area contributed by atoms with Crippen molar-refractivity contribution >= 4 is 23.0 Å². The Kier molecular flexibility index (Phi) is 2.82. The molecule has 3 heteroatoms. The standard InChI is InChI=1S/C11H15ClN2/c12-9-5-2-6-10(13)11(9)14-7-8-3-1-4-8/h2,5-6,8,14H,1,3-4,7,13H2. The van der Waals surface area contributed by atoms with Gasteiger partial charge in [0.1, 0.15) is 0 Å². The fourth-order valence-corrected chi connectivity index (χ4v) is 1.92. The molecule has 0 heterocycles. The van der Waals surface area contributed by atoms with Crippen LogP contribution in [-0.4, -0.2) is 6.54 Å². The molecule has 1 aromatic rings. The molecule has 1 fully saturated rings. The van der Waals surface area contributed by atoms with Crippen molar-refractivity contribution < 1.29 is 0 Å². The predicted molar refractivity (Wildman–Crippen MR) is 61.7 cm³/mol. The van der Waals surface area contributed by atoms with Crippen molar-refractivity contribution in [2.24, 2.45) is 5.92 Å². The minimum absolute atomic E-state index is 0.712. The Morgan fingerprint density at radius 1 is 1.43 bits per heavy atom. The van der Waals surface area contributed by atoms with Crippen LogP contribution >= 0.6 is 11.6 Å². The fourth-order valence-electron chi connectivity index (χ4n) is 1.67. The lowest BCUT2D eigenvalue weighted by Crippen LogP contribution is -2.21. The second-order valence-electron chi connectivity index (χ2n) is 3.88. The molecule has 2 nitrogen and oxygen atoms in total. The summed E-state index contributed by atoms with van der Waals surface area (Å²) in [6.07, 6.45) is 4.03. The van der Waals surface area contributed by atoms with E-state index in [0.717, 1.165) is 23.8 Å². The quantitative estimate of drug-likeness (QED) is 0.753. The number of nitrogens with two attached hydrogens (primary N) is 1. The monoisotopic (exact) mass is 210 g/mol. The van der Waals surface area contributed by atoms with Gasteiger partial charge >= 0.3 is 0 Å². The summed E-state index contributed by atoms with van der Waals surface area (Å²) in [7, 11) is 0. The molecule has 0 amide bonds. The average Bonchev–Trinajstić information content (AvgIpc) is 2.07. The summed E-state index contributed by atoms with van der Waals surface area (Å²) in [5, 5.41) is 4.04. The largest absolute Gasteiger partial charge is 0.397 e. The van der Waals surface area contributed by atoms with Crippen LogP contribution in [0.1, 0.15) is 19.3 Å². The zero-order valence-electron chi connectivity index (χ0n) is 8.09. The van der Waals surface area contributed by atoms with Crippen molar-refractivity contribution in [1.82, 2.24) is 0 Å². The first-order valence-electron chi connectivity index (χ1n) is 5.05. The van der Waals surface area contributed by atoms with Gasteiger partial charge in [-0.05, 0) is 30.9 Å². The lowest BCUT2D eigenvalue weighted by molar-refractivity contribution is 0.333. The van der Waals surface area contributed by atoms with E-state index in [4.69, 9.17) is 17.3 Å². The Morgan fingerprint density at radius 3 is 2.79 bits per heavy atom. The van der Waals surface area contributed by atoms with Crippen LogP contribution in [0.4, 0.5) is 11.4 Å². The van der Waals surface area contributed by atoms with Crippen molar-refractivity contribution in [2.45, 2.75) is 19.3 Å². The summed E-state index contributed by atoms with van der Waals surface area (Å²) in [6, 6.07) is 5.60. The molecular weight excluding hydrogens is 196 g/mol. The third-order valence-corrected chi connectivity index (χ3v) is 3.15. The SMILES string of the molecule is Nc1cccc(Cl)c1NCC1CCC1. The smallest absolute Gasteiger partial charge is 0.0763 e. The van der Waals surface area contributed by atoms with Gasteiger partial charge in [0.15, 0.2) is 0 Å². The topological polar surface area (TPSA) is 38.0 Å². The van der Waals surface area contributed by atoms with Crippen LogP contribution in [0.5, 0.6) is 0 Å². The highest BCUT2D eigenvalue weighted by Crippen LogP contribution is 2.31. The fraction of sp³-hybridized carbons (Fsp3) is 0.455. The molecule has 0 aromatic heterocycles. The third kappa shape index (κ3) is 1.95. The molecule has 0 atom stereocenters. The summed E-state index contributed by atoms with van der Waals surface area (Å²) >= 11 is 6.03. The van der Waals surface area contributed by atoms with Gasteiger partial charge in [0.2, 0.25) is 0 Å². The van der Waals surface area contributed by atoms with Crippen molar-refractivity contribution in [3.63, 3.8) is 0 Å². The minimum Gasteiger partial charge on any atom is -0.397 e. The molecule has 0 unspecified atom stereocenters.